The summed E-state index contributed by atoms with van der Waals surface area (Å²) < 4.78 is 52.6. The van der Waals surface area contributed by atoms with Gasteiger partial charge in [-0.3, -0.25) is 4.79 Å². The van der Waals surface area contributed by atoms with Crippen LogP contribution in [0.2, 0.25) is 0 Å². The van der Waals surface area contributed by atoms with E-state index in [-0.39, 0.29) is 30.5 Å². The maximum absolute atomic E-state index is 14.2. The largest absolute Gasteiger partial charge is 0.493 e. The fourth-order valence-electron chi connectivity index (χ4n) is 4.42. The van der Waals surface area contributed by atoms with Crippen LogP contribution in [0.4, 0.5) is 19.0 Å². The number of hydrogen-bond donors (Lipinski definition) is 1. The third-order valence-corrected chi connectivity index (χ3v) is 6.25. The highest BCUT2D eigenvalue weighted by Crippen LogP contribution is 2.62. The monoisotopic (exact) mass is 474 g/mol. The summed E-state index contributed by atoms with van der Waals surface area (Å²) in [6.07, 6.45) is 4.07. The van der Waals surface area contributed by atoms with Gasteiger partial charge in [-0.25, -0.2) is 28.1 Å². The van der Waals surface area contributed by atoms with Crippen molar-refractivity contribution in [3.63, 3.8) is 0 Å². The molecule has 1 unspecified atom stereocenters. The molecule has 4 rings (SSSR count). The van der Waals surface area contributed by atoms with Gasteiger partial charge in [0.05, 0.1) is 31.8 Å². The smallest absolute Gasteiger partial charge is 0.229 e. The Labute approximate surface area is 195 Å². The normalized spacial score (nSPS) is 23.6. The molecule has 10 heteroatoms. The lowest BCUT2D eigenvalue weighted by atomic mass is 9.83. The Bertz CT molecular complexity index is 1170. The van der Waals surface area contributed by atoms with E-state index in [2.05, 4.69) is 20.3 Å². The lowest BCUT2D eigenvalue weighted by Gasteiger charge is -2.24. The van der Waals surface area contributed by atoms with Gasteiger partial charge in [0, 0.05) is 23.8 Å². The Balaban J connectivity index is 1.51. The Hall–Kier alpha value is -3.43. The molecule has 1 fully saturated rings. The first-order valence-corrected chi connectivity index (χ1v) is 10.9. The Morgan fingerprint density at radius 1 is 1.24 bits per heavy atom. The van der Waals surface area contributed by atoms with Crippen molar-refractivity contribution in [1.29, 1.82) is 0 Å². The zero-order valence-electron chi connectivity index (χ0n) is 19.1. The second-order valence-corrected chi connectivity index (χ2v) is 8.51. The minimum absolute atomic E-state index is 0.00644. The minimum atomic E-state index is -1.46. The van der Waals surface area contributed by atoms with Gasteiger partial charge in [0.25, 0.3) is 0 Å². The standard InChI is InChI=1S/C24H25F3N4O3/c1-13-21(12-28-14(2)30-13)34-5-4-24(15-6-16(25)8-17(26)7-15)10-18(24)23(32)31-22-9-20(33-3)19(27)11-29-22/h6,8-9,11-12,17-18H,4-5,7,10H2,1-3H3,(H,29,31,32)/t17?,18-,24-/m0/s1. The Morgan fingerprint density at radius 3 is 2.74 bits per heavy atom. The Kier molecular flexibility index (Phi) is 6.58. The van der Waals surface area contributed by atoms with Crippen molar-refractivity contribution in [2.45, 2.75) is 39.3 Å². The second-order valence-electron chi connectivity index (χ2n) is 8.51. The number of aryl methyl sites for hydroxylation is 2. The van der Waals surface area contributed by atoms with E-state index in [0.29, 0.717) is 35.7 Å². The van der Waals surface area contributed by atoms with E-state index in [4.69, 9.17) is 9.47 Å². The molecule has 1 saturated carbocycles. The third kappa shape index (κ3) is 4.90. The van der Waals surface area contributed by atoms with Crippen molar-refractivity contribution >= 4 is 11.7 Å². The fourth-order valence-corrected chi connectivity index (χ4v) is 4.42. The van der Waals surface area contributed by atoms with E-state index >= 15 is 0 Å². The third-order valence-electron chi connectivity index (χ3n) is 6.25. The second kappa shape index (κ2) is 9.44. The van der Waals surface area contributed by atoms with E-state index < -0.39 is 29.1 Å². The van der Waals surface area contributed by atoms with Crippen LogP contribution in [0.15, 0.2) is 42.0 Å². The molecule has 2 heterocycles. The van der Waals surface area contributed by atoms with Crippen molar-refractivity contribution < 1.29 is 27.4 Å². The number of nitrogens with zero attached hydrogens (tertiary/aromatic N) is 3. The van der Waals surface area contributed by atoms with Gasteiger partial charge in [0.2, 0.25) is 5.91 Å². The number of aromatic nitrogens is 3. The van der Waals surface area contributed by atoms with E-state index in [1.807, 2.05) is 0 Å². The summed E-state index contributed by atoms with van der Waals surface area (Å²) in [6.45, 7) is 3.78. The maximum atomic E-state index is 14.2. The first kappa shape index (κ1) is 23.7. The van der Waals surface area contributed by atoms with Crippen LogP contribution in [-0.4, -0.2) is 40.7 Å². The molecule has 0 aromatic carbocycles. The summed E-state index contributed by atoms with van der Waals surface area (Å²) in [5.74, 6) is -1.04. The van der Waals surface area contributed by atoms with Crippen molar-refractivity contribution in [3.05, 3.63) is 59.3 Å². The summed E-state index contributed by atoms with van der Waals surface area (Å²) in [4.78, 5) is 25.3. The zero-order valence-corrected chi connectivity index (χ0v) is 19.1. The lowest BCUT2D eigenvalue weighted by Crippen LogP contribution is -2.24. The van der Waals surface area contributed by atoms with Crippen LogP contribution in [-0.2, 0) is 4.79 Å². The molecular weight excluding hydrogens is 449 g/mol. The summed E-state index contributed by atoms with van der Waals surface area (Å²) in [7, 11) is 1.31. The van der Waals surface area contributed by atoms with Gasteiger partial charge in [0.1, 0.15) is 23.6 Å². The molecule has 1 N–H and O–H groups in total. The van der Waals surface area contributed by atoms with E-state index in [1.54, 1.807) is 20.0 Å². The molecule has 7 nitrogen and oxygen atoms in total. The number of halogens is 3. The van der Waals surface area contributed by atoms with Crippen molar-refractivity contribution in [2.75, 3.05) is 19.0 Å². The van der Waals surface area contributed by atoms with Gasteiger partial charge in [0.15, 0.2) is 17.3 Å². The molecule has 2 aromatic heterocycles. The molecule has 0 radical (unpaired) electrons. The van der Waals surface area contributed by atoms with Crippen molar-refractivity contribution in [1.82, 2.24) is 15.0 Å². The predicted octanol–water partition coefficient (Wildman–Crippen LogP) is 4.57. The molecule has 3 atom stereocenters. The first-order valence-electron chi connectivity index (χ1n) is 10.9. The number of ether oxygens (including phenoxy) is 2. The van der Waals surface area contributed by atoms with Crippen LogP contribution in [0.3, 0.4) is 0 Å². The molecule has 180 valence electrons. The zero-order chi connectivity index (χ0) is 24.5. The van der Waals surface area contributed by atoms with Crippen molar-refractivity contribution in [2.24, 2.45) is 11.3 Å². The number of alkyl halides is 1. The maximum Gasteiger partial charge on any atom is 0.229 e. The number of carbonyl (C=O) groups is 1. The highest BCUT2D eigenvalue weighted by molar-refractivity contribution is 5.95. The quantitative estimate of drug-likeness (QED) is 0.603. The summed E-state index contributed by atoms with van der Waals surface area (Å²) in [5, 5.41) is 2.66. The molecule has 0 spiro atoms. The van der Waals surface area contributed by atoms with E-state index in [9.17, 15) is 18.0 Å². The van der Waals surface area contributed by atoms with E-state index in [0.717, 1.165) is 12.3 Å². The number of methoxy groups -OCH3 is 1. The minimum Gasteiger partial charge on any atom is -0.493 e. The van der Waals surface area contributed by atoms with Crippen LogP contribution in [0.5, 0.6) is 11.5 Å². The average Bonchev–Trinajstić information content (AvgIpc) is 3.52. The van der Waals surface area contributed by atoms with E-state index in [1.165, 1.54) is 19.3 Å². The van der Waals surface area contributed by atoms with Crippen LogP contribution in [0, 0.1) is 31.0 Å². The van der Waals surface area contributed by atoms with Crippen LogP contribution >= 0.6 is 0 Å². The van der Waals surface area contributed by atoms with Gasteiger partial charge in [-0.15, -0.1) is 0 Å². The number of anilines is 1. The summed E-state index contributed by atoms with van der Waals surface area (Å²) in [5.41, 5.74) is 0.451. The highest BCUT2D eigenvalue weighted by Gasteiger charge is 2.60. The number of amides is 1. The molecule has 2 aromatic rings. The molecule has 34 heavy (non-hydrogen) atoms. The highest BCUT2D eigenvalue weighted by atomic mass is 19.1. The molecule has 2 aliphatic carbocycles. The molecule has 0 saturated heterocycles. The molecular formula is C24H25F3N4O3. The fraction of sp³-hybridized carbons (Fsp3) is 0.417. The molecule has 1 amide bonds. The predicted molar refractivity (Wildman–Crippen MR) is 118 cm³/mol. The summed E-state index contributed by atoms with van der Waals surface area (Å²) in [6, 6.07) is 1.28. The number of pyridine rings is 1. The average molecular weight is 474 g/mol. The topological polar surface area (TPSA) is 86.2 Å². The van der Waals surface area contributed by atoms with Gasteiger partial charge in [-0.05, 0) is 38.8 Å². The van der Waals surface area contributed by atoms with Crippen LogP contribution in [0.1, 0.15) is 30.8 Å². The van der Waals surface area contributed by atoms with Gasteiger partial charge < -0.3 is 14.8 Å². The number of hydrogen-bond acceptors (Lipinski definition) is 6. The molecule has 0 bridgehead atoms. The number of rotatable bonds is 8. The summed E-state index contributed by atoms with van der Waals surface area (Å²) >= 11 is 0. The SMILES string of the molecule is COc1cc(NC(=O)[C@@H]2C[C@@]2(CCOc2cnc(C)nc2C)C2=CC(F)=CC(F)C2)ncc1F. The van der Waals surface area contributed by atoms with Crippen molar-refractivity contribution in [3.8, 4) is 11.5 Å². The first-order chi connectivity index (χ1) is 16.2. The van der Waals surface area contributed by atoms with Gasteiger partial charge in [-0.1, -0.05) is 5.57 Å². The Morgan fingerprint density at radius 2 is 2.03 bits per heavy atom. The number of nitrogens with one attached hydrogen (secondary N) is 1. The van der Waals surface area contributed by atoms with Crippen LogP contribution < -0.4 is 14.8 Å². The number of carbonyl (C=O) groups excluding carboxylic acids is 1. The lowest BCUT2D eigenvalue weighted by molar-refractivity contribution is -0.118. The molecule has 2 aliphatic rings. The molecule has 0 aliphatic heterocycles. The van der Waals surface area contributed by atoms with Gasteiger partial charge in [-0.2, -0.15) is 0 Å². The number of allylic oxidation sites excluding steroid dienone is 4. The van der Waals surface area contributed by atoms with Gasteiger partial charge >= 0.3 is 0 Å². The van der Waals surface area contributed by atoms with Crippen LogP contribution in [0.25, 0.3) is 0 Å².